The van der Waals surface area contributed by atoms with Crippen molar-refractivity contribution in [3.63, 3.8) is 0 Å². The molecule has 0 bridgehead atoms. The molecule has 262 valence electrons. The first kappa shape index (κ1) is 35.8. The second kappa shape index (κ2) is 13.4. The van der Waals surface area contributed by atoms with Crippen LogP contribution in [0.2, 0.25) is 0 Å². The number of ether oxygens (including phenoxy) is 3. The average Bonchev–Trinajstić information content (AvgIpc) is 3.11. The molecule has 9 nitrogen and oxygen atoms in total. The van der Waals surface area contributed by atoms with Crippen molar-refractivity contribution in [1.29, 1.82) is 0 Å². The van der Waals surface area contributed by atoms with Gasteiger partial charge in [-0.15, -0.1) is 0 Å². The third kappa shape index (κ3) is 6.35. The van der Waals surface area contributed by atoms with E-state index >= 15 is 0 Å². The average molecular weight is 663 g/mol. The Labute approximate surface area is 285 Å². The summed E-state index contributed by atoms with van der Waals surface area (Å²) in [5.41, 5.74) is 2.00. The lowest BCUT2D eigenvalue weighted by Gasteiger charge is -2.53. The van der Waals surface area contributed by atoms with Gasteiger partial charge in [0.1, 0.15) is 12.2 Å². The first-order valence-electron chi connectivity index (χ1n) is 17.4. The largest absolute Gasteiger partial charge is 0.465 e. The second-order valence-electron chi connectivity index (χ2n) is 15.7. The smallest absolute Gasteiger partial charge is 0.303 e. The maximum Gasteiger partial charge on any atom is 0.303 e. The Balaban J connectivity index is 1.56. The van der Waals surface area contributed by atoms with E-state index in [0.29, 0.717) is 12.0 Å². The summed E-state index contributed by atoms with van der Waals surface area (Å²) in [7, 11) is 4.19. The fraction of sp³-hybridized carbons (Fsp3) is 0.641. The Morgan fingerprint density at radius 1 is 0.896 bits per heavy atom. The molecule has 0 radical (unpaired) electrons. The minimum absolute atomic E-state index is 0.0479. The summed E-state index contributed by atoms with van der Waals surface area (Å²) >= 11 is 0. The van der Waals surface area contributed by atoms with Crippen LogP contribution in [0.5, 0.6) is 0 Å². The van der Waals surface area contributed by atoms with Gasteiger partial charge in [0.2, 0.25) is 0 Å². The van der Waals surface area contributed by atoms with Crippen LogP contribution in [-0.2, 0) is 28.6 Å². The van der Waals surface area contributed by atoms with E-state index in [9.17, 15) is 19.2 Å². The minimum Gasteiger partial charge on any atom is -0.465 e. The van der Waals surface area contributed by atoms with Crippen LogP contribution < -0.4 is 5.32 Å². The maximum atomic E-state index is 13.6. The van der Waals surface area contributed by atoms with Crippen LogP contribution in [0, 0.1) is 34.0 Å². The monoisotopic (exact) mass is 662 g/mol. The van der Waals surface area contributed by atoms with Crippen LogP contribution in [0.4, 0.5) is 0 Å². The molecule has 0 saturated heterocycles. The number of nitrogens with zero attached hydrogens (tertiary/aromatic N) is 1. The van der Waals surface area contributed by atoms with E-state index in [-0.39, 0.29) is 59.2 Å². The number of fused-ring (bicyclic) bond motifs is 4. The number of carbonyl (C=O) groups excluding carboxylic acids is 4. The Bertz CT molecular complexity index is 1490. The first-order chi connectivity index (χ1) is 22.5. The summed E-state index contributed by atoms with van der Waals surface area (Å²) in [4.78, 5) is 53.0. The fourth-order valence-electron chi connectivity index (χ4n) is 10.1. The molecule has 0 unspecified atom stereocenters. The van der Waals surface area contributed by atoms with Crippen molar-refractivity contribution in [3.05, 3.63) is 59.2 Å². The van der Waals surface area contributed by atoms with E-state index < -0.39 is 29.5 Å². The third-order valence-corrected chi connectivity index (χ3v) is 12.7. The molecule has 48 heavy (non-hydrogen) atoms. The van der Waals surface area contributed by atoms with E-state index in [1.807, 2.05) is 24.3 Å². The van der Waals surface area contributed by atoms with Gasteiger partial charge in [-0.3, -0.25) is 19.2 Å². The standard InChI is InChI=1S/C39H54N2O7/c1-23(41(8)9)34-33(48-26(4)44)21-39(7)31-16-15-30-29(19-28(31)17-18-38(34,39)6)20-32(47-25(3)43)35(37(30,5)22-46-24(2)42)40-36(45)27-13-11-10-12-14-27/h10-14,17,20,23,30-35H,15-16,18-19,21-22H2,1-9H3,(H,40,45)/t23-,30+,31+,32+,33+,34-,35-,37-,38+,39-/m0/s1. The Hall–Kier alpha value is -3.46. The van der Waals surface area contributed by atoms with E-state index in [1.165, 1.54) is 26.3 Å². The summed E-state index contributed by atoms with van der Waals surface area (Å²) in [6, 6.07) is 8.54. The zero-order valence-electron chi connectivity index (χ0n) is 30.1. The molecule has 0 spiro atoms. The van der Waals surface area contributed by atoms with Crippen molar-refractivity contribution in [3.8, 4) is 0 Å². The zero-order chi connectivity index (χ0) is 35.2. The van der Waals surface area contributed by atoms with E-state index in [4.69, 9.17) is 14.2 Å². The van der Waals surface area contributed by atoms with Crippen LogP contribution in [0.3, 0.4) is 0 Å². The molecule has 4 aliphatic carbocycles. The van der Waals surface area contributed by atoms with Crippen molar-refractivity contribution in [2.24, 2.45) is 34.0 Å². The normalized spacial score (nSPS) is 36.2. The number of benzene rings is 1. The van der Waals surface area contributed by atoms with Gasteiger partial charge in [0.05, 0.1) is 12.6 Å². The van der Waals surface area contributed by atoms with Gasteiger partial charge >= 0.3 is 17.9 Å². The van der Waals surface area contributed by atoms with Crippen LogP contribution in [0.25, 0.3) is 0 Å². The van der Waals surface area contributed by atoms with Crippen LogP contribution in [0.1, 0.15) is 90.9 Å². The van der Waals surface area contributed by atoms with Crippen molar-refractivity contribution < 1.29 is 33.4 Å². The van der Waals surface area contributed by atoms with Gasteiger partial charge in [0.15, 0.2) is 0 Å². The molecule has 1 aromatic carbocycles. The highest BCUT2D eigenvalue weighted by Gasteiger charge is 2.66. The van der Waals surface area contributed by atoms with E-state index in [0.717, 1.165) is 31.3 Å². The molecule has 1 aromatic rings. The van der Waals surface area contributed by atoms with Gasteiger partial charge < -0.3 is 24.4 Å². The molecule has 10 atom stereocenters. The van der Waals surface area contributed by atoms with Gasteiger partial charge in [-0.05, 0) is 94.0 Å². The number of hydrogen-bond acceptors (Lipinski definition) is 8. The van der Waals surface area contributed by atoms with Crippen LogP contribution >= 0.6 is 0 Å². The molecule has 4 aliphatic rings. The summed E-state index contributed by atoms with van der Waals surface area (Å²) in [6.45, 7) is 13.4. The van der Waals surface area contributed by atoms with Gasteiger partial charge in [0.25, 0.3) is 5.91 Å². The van der Waals surface area contributed by atoms with Crippen molar-refractivity contribution in [1.82, 2.24) is 10.2 Å². The lowest BCUT2D eigenvalue weighted by molar-refractivity contribution is -0.154. The fourth-order valence-corrected chi connectivity index (χ4v) is 10.1. The van der Waals surface area contributed by atoms with Crippen molar-refractivity contribution in [2.45, 2.75) is 105 Å². The summed E-state index contributed by atoms with van der Waals surface area (Å²) in [5, 5.41) is 3.20. The number of hydrogen-bond donors (Lipinski definition) is 1. The van der Waals surface area contributed by atoms with Gasteiger partial charge in [-0.1, -0.05) is 56.2 Å². The SMILES string of the molecule is CC(=O)OC[C@@]1(C)[C@@H]2CC[C@@H]3C(=CC[C@]4(C)[C@@H]([C@H](C)N(C)C)[C@H](OC(C)=O)C[C@@]34C)CC2=C[C@@H](OC(C)=O)[C@@H]1NC(=O)c1ccccc1. The highest BCUT2D eigenvalue weighted by Crippen LogP contribution is 2.69. The Morgan fingerprint density at radius 2 is 1.54 bits per heavy atom. The van der Waals surface area contributed by atoms with Crippen molar-refractivity contribution in [2.75, 3.05) is 20.7 Å². The molecule has 0 aliphatic heterocycles. The van der Waals surface area contributed by atoms with Crippen molar-refractivity contribution >= 4 is 23.8 Å². The number of amides is 1. The minimum atomic E-state index is -0.767. The lowest BCUT2D eigenvalue weighted by Crippen LogP contribution is -2.61. The molecule has 5 rings (SSSR count). The van der Waals surface area contributed by atoms with E-state index in [1.54, 1.807) is 12.1 Å². The van der Waals surface area contributed by atoms with Gasteiger partial charge in [-0.2, -0.15) is 0 Å². The number of allylic oxidation sites excluding steroid dienone is 3. The molecule has 2 saturated carbocycles. The Morgan fingerprint density at radius 3 is 2.15 bits per heavy atom. The number of esters is 3. The number of nitrogens with one attached hydrogen (secondary N) is 1. The number of rotatable bonds is 8. The molecule has 2 fully saturated rings. The quantitative estimate of drug-likeness (QED) is 0.209. The molecule has 0 heterocycles. The molecular weight excluding hydrogens is 608 g/mol. The van der Waals surface area contributed by atoms with Crippen LogP contribution in [0.15, 0.2) is 53.6 Å². The maximum absolute atomic E-state index is 13.6. The summed E-state index contributed by atoms with van der Waals surface area (Å²) < 4.78 is 17.8. The highest BCUT2D eigenvalue weighted by atomic mass is 16.6. The molecule has 1 N–H and O–H groups in total. The predicted molar refractivity (Wildman–Crippen MR) is 183 cm³/mol. The second-order valence-corrected chi connectivity index (χ2v) is 15.7. The molecule has 0 aromatic heterocycles. The molecule has 1 amide bonds. The van der Waals surface area contributed by atoms with Crippen LogP contribution in [-0.4, -0.2) is 73.7 Å². The third-order valence-electron chi connectivity index (χ3n) is 12.7. The predicted octanol–water partition coefficient (Wildman–Crippen LogP) is 5.89. The molecular formula is C39H54N2O7. The number of carbonyl (C=O) groups is 4. The highest BCUT2D eigenvalue weighted by molar-refractivity contribution is 5.94. The first-order valence-corrected chi connectivity index (χ1v) is 17.4. The van der Waals surface area contributed by atoms with Gasteiger partial charge in [-0.25, -0.2) is 0 Å². The zero-order valence-corrected chi connectivity index (χ0v) is 30.1. The summed E-state index contributed by atoms with van der Waals surface area (Å²) in [6.07, 6.45) is 7.60. The lowest BCUT2D eigenvalue weighted by atomic mass is 9.51. The van der Waals surface area contributed by atoms with Gasteiger partial charge in [0, 0.05) is 43.7 Å². The summed E-state index contributed by atoms with van der Waals surface area (Å²) in [5.74, 6) is -1.02. The molecule has 9 heteroatoms. The van der Waals surface area contributed by atoms with E-state index in [2.05, 4.69) is 58.1 Å². The Kier molecular flexibility index (Phi) is 10.0. The topological polar surface area (TPSA) is 111 Å².